The van der Waals surface area contributed by atoms with Gasteiger partial charge in [0.05, 0.1) is 19.0 Å². The Hall–Kier alpha value is -1.69. The average Bonchev–Trinajstić information content (AvgIpc) is 2.93. The van der Waals surface area contributed by atoms with E-state index in [1.807, 2.05) is 12.1 Å². The zero-order valence-corrected chi connectivity index (χ0v) is 10.1. The van der Waals surface area contributed by atoms with Crippen LogP contribution in [0.15, 0.2) is 29.0 Å². The van der Waals surface area contributed by atoms with Crippen LogP contribution in [-0.2, 0) is 19.6 Å². The van der Waals surface area contributed by atoms with Crippen molar-refractivity contribution in [1.82, 2.24) is 15.1 Å². The minimum Gasteiger partial charge on any atom is -0.468 e. The SMILES string of the molecule is Cc1c(CNCc2ccco2)cnn1CC(F)F. The molecule has 4 nitrogen and oxygen atoms in total. The summed E-state index contributed by atoms with van der Waals surface area (Å²) in [5, 5.41) is 7.12. The van der Waals surface area contributed by atoms with Gasteiger partial charge in [-0.1, -0.05) is 0 Å². The van der Waals surface area contributed by atoms with Gasteiger partial charge >= 0.3 is 0 Å². The van der Waals surface area contributed by atoms with E-state index in [9.17, 15) is 8.78 Å². The van der Waals surface area contributed by atoms with Gasteiger partial charge in [-0.2, -0.15) is 5.10 Å². The van der Waals surface area contributed by atoms with Crippen LogP contribution < -0.4 is 5.32 Å². The molecule has 1 N–H and O–H groups in total. The van der Waals surface area contributed by atoms with Crippen molar-refractivity contribution in [3.05, 3.63) is 41.6 Å². The van der Waals surface area contributed by atoms with Gasteiger partial charge in [0.1, 0.15) is 12.3 Å². The Morgan fingerprint density at radius 1 is 1.44 bits per heavy atom. The van der Waals surface area contributed by atoms with Crippen molar-refractivity contribution < 1.29 is 13.2 Å². The third-order valence-corrected chi connectivity index (χ3v) is 2.71. The number of hydrogen-bond donors (Lipinski definition) is 1. The smallest absolute Gasteiger partial charge is 0.257 e. The zero-order valence-electron chi connectivity index (χ0n) is 10.1. The Labute approximate surface area is 104 Å². The highest BCUT2D eigenvalue weighted by atomic mass is 19.3. The Bertz CT molecular complexity index is 479. The van der Waals surface area contributed by atoms with Gasteiger partial charge in [-0.3, -0.25) is 4.68 Å². The second-order valence-electron chi connectivity index (χ2n) is 4.01. The Kier molecular flexibility index (Phi) is 4.09. The molecule has 0 aliphatic rings. The van der Waals surface area contributed by atoms with Gasteiger partial charge in [0, 0.05) is 17.8 Å². The van der Waals surface area contributed by atoms with Crippen molar-refractivity contribution in [2.24, 2.45) is 0 Å². The maximum absolute atomic E-state index is 12.3. The van der Waals surface area contributed by atoms with Crippen LogP contribution in [0.5, 0.6) is 0 Å². The van der Waals surface area contributed by atoms with Crippen LogP contribution >= 0.6 is 0 Å². The molecule has 0 unspecified atom stereocenters. The van der Waals surface area contributed by atoms with Gasteiger partial charge in [-0.15, -0.1) is 0 Å². The molecule has 0 spiro atoms. The summed E-state index contributed by atoms with van der Waals surface area (Å²) >= 11 is 0. The summed E-state index contributed by atoms with van der Waals surface area (Å²) in [7, 11) is 0. The van der Waals surface area contributed by atoms with E-state index in [-0.39, 0.29) is 6.54 Å². The highest BCUT2D eigenvalue weighted by Gasteiger charge is 2.10. The van der Waals surface area contributed by atoms with E-state index in [0.29, 0.717) is 13.1 Å². The summed E-state index contributed by atoms with van der Waals surface area (Å²) < 4.78 is 31.0. The summed E-state index contributed by atoms with van der Waals surface area (Å²) in [5.74, 6) is 0.840. The number of furan rings is 1. The van der Waals surface area contributed by atoms with Crippen molar-refractivity contribution in [3.63, 3.8) is 0 Å². The van der Waals surface area contributed by atoms with Crippen molar-refractivity contribution in [2.75, 3.05) is 0 Å². The first-order valence-electron chi connectivity index (χ1n) is 5.69. The minimum atomic E-state index is -2.38. The molecule has 0 amide bonds. The van der Waals surface area contributed by atoms with Crippen LogP contribution in [-0.4, -0.2) is 16.2 Å². The molecule has 0 bridgehead atoms. The number of nitrogens with one attached hydrogen (secondary N) is 1. The normalized spacial score (nSPS) is 11.3. The van der Waals surface area contributed by atoms with E-state index in [1.54, 1.807) is 19.4 Å². The number of halogens is 2. The molecule has 0 aliphatic heterocycles. The second kappa shape index (κ2) is 5.77. The van der Waals surface area contributed by atoms with E-state index < -0.39 is 6.43 Å². The predicted molar refractivity (Wildman–Crippen MR) is 62.2 cm³/mol. The molecular formula is C12H15F2N3O. The Morgan fingerprint density at radius 2 is 2.28 bits per heavy atom. The van der Waals surface area contributed by atoms with Gasteiger partial charge in [0.15, 0.2) is 0 Å². The van der Waals surface area contributed by atoms with Crippen LogP contribution in [0, 0.1) is 6.92 Å². The predicted octanol–water partition coefficient (Wildman–Crippen LogP) is 2.34. The number of hydrogen-bond acceptors (Lipinski definition) is 3. The lowest BCUT2D eigenvalue weighted by atomic mass is 10.2. The van der Waals surface area contributed by atoms with E-state index >= 15 is 0 Å². The zero-order chi connectivity index (χ0) is 13.0. The maximum atomic E-state index is 12.3. The fraction of sp³-hybridized carbons (Fsp3) is 0.417. The van der Waals surface area contributed by atoms with Gasteiger partial charge in [-0.05, 0) is 19.1 Å². The van der Waals surface area contributed by atoms with E-state index in [1.165, 1.54) is 4.68 Å². The molecule has 0 atom stereocenters. The molecule has 0 saturated heterocycles. The largest absolute Gasteiger partial charge is 0.468 e. The van der Waals surface area contributed by atoms with Crippen molar-refractivity contribution >= 4 is 0 Å². The first kappa shape index (κ1) is 12.8. The van der Waals surface area contributed by atoms with Gasteiger partial charge in [-0.25, -0.2) is 8.78 Å². The van der Waals surface area contributed by atoms with E-state index in [0.717, 1.165) is 17.0 Å². The molecule has 2 aromatic rings. The lowest BCUT2D eigenvalue weighted by Crippen LogP contribution is -2.14. The summed E-state index contributed by atoms with van der Waals surface area (Å²) in [6, 6.07) is 3.70. The minimum absolute atomic E-state index is 0.357. The summed E-state index contributed by atoms with van der Waals surface area (Å²) in [6.45, 7) is 2.62. The fourth-order valence-electron chi connectivity index (χ4n) is 1.71. The first-order valence-corrected chi connectivity index (χ1v) is 5.69. The lowest BCUT2D eigenvalue weighted by molar-refractivity contribution is 0.121. The van der Waals surface area contributed by atoms with Crippen LogP contribution in [0.3, 0.4) is 0 Å². The lowest BCUT2D eigenvalue weighted by Gasteiger charge is -2.05. The topological polar surface area (TPSA) is 43.0 Å². The number of alkyl halides is 2. The molecule has 6 heteroatoms. The number of rotatable bonds is 6. The van der Waals surface area contributed by atoms with Crippen molar-refractivity contribution in [2.45, 2.75) is 33.0 Å². The molecular weight excluding hydrogens is 240 g/mol. The maximum Gasteiger partial charge on any atom is 0.257 e. The van der Waals surface area contributed by atoms with E-state index in [2.05, 4.69) is 10.4 Å². The molecule has 0 radical (unpaired) electrons. The highest BCUT2D eigenvalue weighted by molar-refractivity contribution is 5.16. The fourth-order valence-corrected chi connectivity index (χ4v) is 1.71. The third-order valence-electron chi connectivity index (χ3n) is 2.71. The summed E-state index contributed by atoms with van der Waals surface area (Å²) in [6.07, 6.45) is 0.850. The third kappa shape index (κ3) is 3.16. The van der Waals surface area contributed by atoms with Crippen molar-refractivity contribution in [1.29, 1.82) is 0 Å². The van der Waals surface area contributed by atoms with E-state index in [4.69, 9.17) is 4.42 Å². The second-order valence-corrected chi connectivity index (χ2v) is 4.01. The molecule has 2 aromatic heterocycles. The first-order chi connectivity index (χ1) is 8.66. The van der Waals surface area contributed by atoms with Gasteiger partial charge in [0.25, 0.3) is 6.43 Å². The van der Waals surface area contributed by atoms with Gasteiger partial charge in [0.2, 0.25) is 0 Å². The molecule has 0 aromatic carbocycles. The monoisotopic (exact) mass is 255 g/mol. The Morgan fingerprint density at radius 3 is 2.94 bits per heavy atom. The van der Waals surface area contributed by atoms with Crippen LogP contribution in [0.1, 0.15) is 17.0 Å². The molecule has 2 heterocycles. The number of aromatic nitrogens is 2. The molecule has 98 valence electrons. The van der Waals surface area contributed by atoms with Crippen LogP contribution in [0.25, 0.3) is 0 Å². The molecule has 0 saturated carbocycles. The quantitative estimate of drug-likeness (QED) is 0.861. The van der Waals surface area contributed by atoms with Gasteiger partial charge < -0.3 is 9.73 Å². The van der Waals surface area contributed by atoms with Crippen molar-refractivity contribution in [3.8, 4) is 0 Å². The Balaban J connectivity index is 1.87. The number of nitrogens with zero attached hydrogens (tertiary/aromatic N) is 2. The van der Waals surface area contributed by atoms with Crippen LogP contribution in [0.4, 0.5) is 8.78 Å². The molecule has 0 fully saturated rings. The highest BCUT2D eigenvalue weighted by Crippen LogP contribution is 2.09. The molecule has 0 aliphatic carbocycles. The average molecular weight is 255 g/mol. The van der Waals surface area contributed by atoms with Crippen LogP contribution in [0.2, 0.25) is 0 Å². The summed E-state index contributed by atoms with van der Waals surface area (Å²) in [4.78, 5) is 0. The summed E-state index contributed by atoms with van der Waals surface area (Å²) in [5.41, 5.74) is 1.68. The molecule has 18 heavy (non-hydrogen) atoms. The standard InChI is InChI=1S/C12H15F2N3O/c1-9-10(6-16-17(9)8-12(13)14)5-15-7-11-3-2-4-18-11/h2-4,6,12,15H,5,7-8H2,1H3. The molecule has 2 rings (SSSR count).